The van der Waals surface area contributed by atoms with Gasteiger partial charge in [0.1, 0.15) is 28.6 Å². The van der Waals surface area contributed by atoms with E-state index in [4.69, 9.17) is 14.6 Å². The van der Waals surface area contributed by atoms with E-state index in [1.807, 2.05) is 0 Å². The Bertz CT molecular complexity index is 1550. The standard InChI is InChI=1S/C28H18O10/c29-25(30)20-13-12-19(14-22(20)27(33)34)37-17-8-4-15(5-9-17)16-6-10-18(11-7-16)38-23-3-1-2-21(26(31)32)24(23)28(35)36/h1-14H,(H,29,30)(H,31,32)(H,33,34)(H,35,36). The van der Waals surface area contributed by atoms with Crippen molar-refractivity contribution < 1.29 is 49.1 Å². The lowest BCUT2D eigenvalue weighted by Gasteiger charge is -2.12. The van der Waals surface area contributed by atoms with Gasteiger partial charge in [-0.25, -0.2) is 19.2 Å². The van der Waals surface area contributed by atoms with Crippen molar-refractivity contribution in [3.8, 4) is 34.1 Å². The number of hydrogen-bond acceptors (Lipinski definition) is 6. The molecule has 4 N–H and O–H groups in total. The molecule has 0 spiro atoms. The Balaban J connectivity index is 1.50. The molecule has 10 nitrogen and oxygen atoms in total. The number of aromatic carboxylic acids is 4. The summed E-state index contributed by atoms with van der Waals surface area (Å²) < 4.78 is 11.3. The summed E-state index contributed by atoms with van der Waals surface area (Å²) in [4.78, 5) is 45.5. The molecule has 0 saturated heterocycles. The maximum absolute atomic E-state index is 11.6. The predicted molar refractivity (Wildman–Crippen MR) is 133 cm³/mol. The van der Waals surface area contributed by atoms with Crippen molar-refractivity contribution in [3.05, 3.63) is 107 Å². The first-order valence-electron chi connectivity index (χ1n) is 10.9. The molecule has 38 heavy (non-hydrogen) atoms. The van der Waals surface area contributed by atoms with Gasteiger partial charge in [-0.1, -0.05) is 30.3 Å². The van der Waals surface area contributed by atoms with E-state index in [9.17, 15) is 34.5 Å². The lowest BCUT2D eigenvalue weighted by molar-refractivity contribution is 0.0649. The van der Waals surface area contributed by atoms with Crippen molar-refractivity contribution in [2.24, 2.45) is 0 Å². The first-order chi connectivity index (χ1) is 18.1. The summed E-state index contributed by atoms with van der Waals surface area (Å²) in [6.07, 6.45) is 0. The van der Waals surface area contributed by atoms with Crippen LogP contribution in [-0.2, 0) is 0 Å². The summed E-state index contributed by atoms with van der Waals surface area (Å²) in [6.45, 7) is 0. The van der Waals surface area contributed by atoms with Crippen LogP contribution in [0.25, 0.3) is 11.1 Å². The van der Waals surface area contributed by atoms with Crippen LogP contribution in [-0.4, -0.2) is 44.3 Å². The number of ether oxygens (including phenoxy) is 2. The minimum Gasteiger partial charge on any atom is -0.478 e. The molecule has 0 radical (unpaired) electrons. The lowest BCUT2D eigenvalue weighted by atomic mass is 10.1. The van der Waals surface area contributed by atoms with Gasteiger partial charge in [-0.15, -0.1) is 0 Å². The van der Waals surface area contributed by atoms with Crippen LogP contribution >= 0.6 is 0 Å². The molecule has 190 valence electrons. The van der Waals surface area contributed by atoms with Crippen molar-refractivity contribution in [1.29, 1.82) is 0 Å². The van der Waals surface area contributed by atoms with E-state index < -0.39 is 29.4 Å². The van der Waals surface area contributed by atoms with Gasteiger partial charge in [0.2, 0.25) is 0 Å². The Labute approximate surface area is 214 Å². The fraction of sp³-hybridized carbons (Fsp3) is 0. The van der Waals surface area contributed by atoms with Crippen LogP contribution in [0, 0.1) is 0 Å². The highest BCUT2D eigenvalue weighted by Crippen LogP contribution is 2.31. The third-order valence-electron chi connectivity index (χ3n) is 5.43. The molecule has 0 unspecified atom stereocenters. The van der Waals surface area contributed by atoms with Gasteiger partial charge in [-0.3, -0.25) is 0 Å². The van der Waals surface area contributed by atoms with E-state index in [-0.39, 0.29) is 28.2 Å². The normalized spacial score (nSPS) is 10.4. The summed E-state index contributed by atoms with van der Waals surface area (Å²) in [7, 11) is 0. The molecule has 0 saturated carbocycles. The van der Waals surface area contributed by atoms with Crippen molar-refractivity contribution >= 4 is 23.9 Å². The quantitative estimate of drug-likeness (QED) is 0.216. The van der Waals surface area contributed by atoms with Crippen LogP contribution in [0.1, 0.15) is 41.4 Å². The third kappa shape index (κ3) is 5.44. The van der Waals surface area contributed by atoms with Crippen LogP contribution in [0.3, 0.4) is 0 Å². The molecule has 0 heterocycles. The van der Waals surface area contributed by atoms with Gasteiger partial charge in [-0.05, 0) is 65.7 Å². The van der Waals surface area contributed by atoms with Gasteiger partial charge in [0.15, 0.2) is 0 Å². The fourth-order valence-electron chi connectivity index (χ4n) is 3.66. The number of benzene rings is 4. The molecule has 0 amide bonds. The summed E-state index contributed by atoms with van der Waals surface area (Å²) >= 11 is 0. The van der Waals surface area contributed by atoms with Gasteiger partial charge in [0.25, 0.3) is 0 Å². The summed E-state index contributed by atoms with van der Waals surface area (Å²) in [5.41, 5.74) is 0.0234. The van der Waals surface area contributed by atoms with Crippen molar-refractivity contribution in [3.63, 3.8) is 0 Å². The maximum Gasteiger partial charge on any atom is 0.340 e. The smallest absolute Gasteiger partial charge is 0.340 e. The van der Waals surface area contributed by atoms with E-state index in [1.54, 1.807) is 48.5 Å². The summed E-state index contributed by atoms with van der Waals surface area (Å²) in [5, 5.41) is 37.1. The van der Waals surface area contributed by atoms with Crippen molar-refractivity contribution in [1.82, 2.24) is 0 Å². The average Bonchev–Trinajstić information content (AvgIpc) is 2.89. The monoisotopic (exact) mass is 514 g/mol. The van der Waals surface area contributed by atoms with Gasteiger partial charge in [0, 0.05) is 0 Å². The Morgan fingerprint density at radius 3 is 1.47 bits per heavy atom. The van der Waals surface area contributed by atoms with Crippen molar-refractivity contribution in [2.75, 3.05) is 0 Å². The number of rotatable bonds is 9. The van der Waals surface area contributed by atoms with E-state index in [0.717, 1.165) is 23.3 Å². The molecular formula is C28H18O10. The Morgan fingerprint density at radius 1 is 0.474 bits per heavy atom. The largest absolute Gasteiger partial charge is 0.478 e. The van der Waals surface area contributed by atoms with Crippen LogP contribution < -0.4 is 9.47 Å². The molecule has 0 bridgehead atoms. The minimum absolute atomic E-state index is 0.103. The molecule has 0 atom stereocenters. The second kappa shape index (κ2) is 10.5. The molecule has 0 aliphatic heterocycles. The van der Waals surface area contributed by atoms with Crippen LogP contribution in [0.2, 0.25) is 0 Å². The summed E-state index contributed by atoms with van der Waals surface area (Å²) in [6, 6.07) is 21.1. The van der Waals surface area contributed by atoms with Gasteiger partial charge in [-0.2, -0.15) is 0 Å². The first kappa shape index (κ1) is 25.5. The number of carboxylic acid groups (broad SMARTS) is 4. The zero-order valence-corrected chi connectivity index (χ0v) is 19.3. The van der Waals surface area contributed by atoms with Crippen molar-refractivity contribution in [2.45, 2.75) is 0 Å². The highest BCUT2D eigenvalue weighted by atomic mass is 16.5. The van der Waals surface area contributed by atoms with E-state index in [1.165, 1.54) is 24.3 Å². The Hall–Kier alpha value is -5.64. The second-order valence-electron chi connectivity index (χ2n) is 7.86. The first-order valence-corrected chi connectivity index (χ1v) is 10.9. The van der Waals surface area contributed by atoms with Gasteiger partial charge >= 0.3 is 23.9 Å². The van der Waals surface area contributed by atoms with E-state index >= 15 is 0 Å². The highest BCUT2D eigenvalue weighted by molar-refractivity contribution is 6.04. The fourth-order valence-corrected chi connectivity index (χ4v) is 3.66. The Morgan fingerprint density at radius 2 is 0.974 bits per heavy atom. The van der Waals surface area contributed by atoms with E-state index in [0.29, 0.717) is 11.5 Å². The molecule has 0 aromatic heterocycles. The highest BCUT2D eigenvalue weighted by Gasteiger charge is 2.21. The predicted octanol–water partition coefficient (Wildman–Crippen LogP) is 5.73. The van der Waals surface area contributed by atoms with Crippen LogP contribution in [0.4, 0.5) is 0 Å². The van der Waals surface area contributed by atoms with E-state index in [2.05, 4.69) is 0 Å². The number of hydrogen-bond donors (Lipinski definition) is 4. The van der Waals surface area contributed by atoms with Gasteiger partial charge in [0.05, 0.1) is 16.7 Å². The molecule has 4 rings (SSSR count). The molecule has 4 aromatic carbocycles. The molecule has 0 aliphatic carbocycles. The third-order valence-corrected chi connectivity index (χ3v) is 5.43. The lowest BCUT2D eigenvalue weighted by Crippen LogP contribution is -2.09. The average molecular weight is 514 g/mol. The Kier molecular flexibility index (Phi) is 7.06. The second-order valence-corrected chi connectivity index (χ2v) is 7.86. The molecule has 4 aromatic rings. The number of carboxylic acids is 4. The maximum atomic E-state index is 11.6. The molecule has 0 aliphatic rings. The molecular weight excluding hydrogens is 496 g/mol. The van der Waals surface area contributed by atoms with Crippen LogP contribution in [0.5, 0.6) is 23.0 Å². The zero-order valence-electron chi connectivity index (χ0n) is 19.3. The zero-order chi connectivity index (χ0) is 27.4. The SMILES string of the molecule is O=C(O)c1ccc(Oc2ccc(-c3ccc(Oc4cccc(C(=O)O)c4C(=O)O)cc3)cc2)cc1C(=O)O. The molecule has 0 fully saturated rings. The minimum atomic E-state index is -1.42. The topological polar surface area (TPSA) is 168 Å². The van der Waals surface area contributed by atoms with Gasteiger partial charge < -0.3 is 29.9 Å². The van der Waals surface area contributed by atoms with Crippen LogP contribution in [0.15, 0.2) is 84.9 Å². The summed E-state index contributed by atoms with van der Waals surface area (Å²) in [5.74, 6) is -4.78. The number of carbonyl (C=O) groups is 4. The molecule has 10 heteroatoms.